The second-order valence-electron chi connectivity index (χ2n) is 3.81. The summed E-state index contributed by atoms with van der Waals surface area (Å²) in [6.45, 7) is 1.75. The van der Waals surface area contributed by atoms with Gasteiger partial charge in [0.15, 0.2) is 11.8 Å². The van der Waals surface area contributed by atoms with Crippen LogP contribution in [0.2, 0.25) is 5.15 Å². The summed E-state index contributed by atoms with van der Waals surface area (Å²) in [6.07, 6.45) is 2.30. The van der Waals surface area contributed by atoms with Gasteiger partial charge >= 0.3 is 0 Å². The number of halogens is 1. The van der Waals surface area contributed by atoms with Crippen molar-refractivity contribution in [1.82, 2.24) is 0 Å². The van der Waals surface area contributed by atoms with E-state index < -0.39 is 5.60 Å². The molecule has 0 fully saturated rings. The fourth-order valence-corrected chi connectivity index (χ4v) is 1.69. The predicted octanol–water partition coefficient (Wildman–Crippen LogP) is 1.03. The molecule has 2 heterocycles. The van der Waals surface area contributed by atoms with Crippen molar-refractivity contribution in [1.29, 1.82) is 0 Å². The number of nitrogens with one attached hydrogen (secondary N) is 1. The van der Waals surface area contributed by atoms with E-state index in [-0.39, 0.29) is 6.61 Å². The summed E-state index contributed by atoms with van der Waals surface area (Å²) < 4.78 is 0. The molecule has 1 aliphatic rings. The Kier molecular flexibility index (Phi) is 2.63. The average molecular weight is 228 g/mol. The number of aromatic nitrogens is 1. The fourth-order valence-electron chi connectivity index (χ4n) is 1.45. The number of oxime groups is 1. The van der Waals surface area contributed by atoms with Gasteiger partial charge in [-0.15, -0.1) is 0 Å². The minimum absolute atomic E-state index is 0.0613. The Labute approximate surface area is 92.5 Å². The lowest BCUT2D eigenvalue weighted by Gasteiger charge is -2.16. The number of aliphatic hydroxyl groups excluding tert-OH is 1. The van der Waals surface area contributed by atoms with E-state index >= 15 is 0 Å². The van der Waals surface area contributed by atoms with Crippen LogP contribution in [0.5, 0.6) is 0 Å². The SMILES string of the molecule is CC1(CO)CC(c2ccc[nH+]c2Cl)=NO1. The third-order valence-electron chi connectivity index (χ3n) is 2.37. The van der Waals surface area contributed by atoms with Gasteiger partial charge in [0.2, 0.25) is 0 Å². The Morgan fingerprint density at radius 1 is 1.73 bits per heavy atom. The molecule has 2 N–H and O–H groups in total. The quantitative estimate of drug-likeness (QED) is 0.768. The first-order valence-electron chi connectivity index (χ1n) is 4.67. The lowest BCUT2D eigenvalue weighted by Crippen LogP contribution is -2.29. The van der Waals surface area contributed by atoms with Crippen LogP contribution in [0.4, 0.5) is 0 Å². The van der Waals surface area contributed by atoms with Crippen LogP contribution in [0, 0.1) is 0 Å². The molecule has 4 nitrogen and oxygen atoms in total. The summed E-state index contributed by atoms with van der Waals surface area (Å²) in [5.74, 6) is 0. The number of H-pyrrole nitrogens is 1. The van der Waals surface area contributed by atoms with Crippen molar-refractivity contribution in [3.63, 3.8) is 0 Å². The first-order valence-corrected chi connectivity index (χ1v) is 5.05. The standard InChI is InChI=1S/C10H11ClN2O2/c1-10(6-14)5-8(13-15-10)7-3-2-4-12-9(7)11/h2-4,14H,5-6H2,1H3/p+1. The second kappa shape index (κ2) is 3.79. The maximum absolute atomic E-state index is 9.12. The van der Waals surface area contributed by atoms with Gasteiger partial charge in [0.25, 0.3) is 5.15 Å². The minimum atomic E-state index is -0.617. The smallest absolute Gasteiger partial charge is 0.282 e. The lowest BCUT2D eigenvalue weighted by atomic mass is 9.98. The highest BCUT2D eigenvalue weighted by atomic mass is 35.5. The monoisotopic (exact) mass is 227 g/mol. The summed E-state index contributed by atoms with van der Waals surface area (Å²) in [6, 6.07) is 3.71. The van der Waals surface area contributed by atoms with Gasteiger partial charge in [-0.3, -0.25) is 0 Å². The largest absolute Gasteiger partial charge is 0.392 e. The van der Waals surface area contributed by atoms with Crippen LogP contribution in [0.3, 0.4) is 0 Å². The van der Waals surface area contributed by atoms with Crippen LogP contribution in [0.15, 0.2) is 23.5 Å². The minimum Gasteiger partial charge on any atom is -0.392 e. The second-order valence-corrected chi connectivity index (χ2v) is 4.19. The first-order chi connectivity index (χ1) is 7.14. The molecule has 1 unspecified atom stereocenters. The lowest BCUT2D eigenvalue weighted by molar-refractivity contribution is -0.375. The summed E-state index contributed by atoms with van der Waals surface area (Å²) >= 11 is 5.99. The molecule has 1 aromatic heterocycles. The fraction of sp³-hybridized carbons (Fsp3) is 0.400. The molecule has 2 rings (SSSR count). The highest BCUT2D eigenvalue weighted by molar-refractivity contribution is 6.32. The van der Waals surface area contributed by atoms with E-state index in [2.05, 4.69) is 10.1 Å². The summed E-state index contributed by atoms with van der Waals surface area (Å²) in [5, 5.41) is 13.6. The number of hydrogen-bond donors (Lipinski definition) is 1. The zero-order valence-corrected chi connectivity index (χ0v) is 9.08. The van der Waals surface area contributed by atoms with Crippen LogP contribution in [-0.2, 0) is 4.84 Å². The van der Waals surface area contributed by atoms with E-state index in [1.807, 2.05) is 19.1 Å². The topological polar surface area (TPSA) is 56.0 Å². The van der Waals surface area contributed by atoms with Gasteiger partial charge in [-0.25, -0.2) is 4.98 Å². The summed E-state index contributed by atoms with van der Waals surface area (Å²) in [4.78, 5) is 8.07. The Morgan fingerprint density at radius 3 is 3.13 bits per heavy atom. The number of nitrogens with zero attached hydrogens (tertiary/aromatic N) is 1. The Morgan fingerprint density at radius 2 is 2.53 bits per heavy atom. The van der Waals surface area contributed by atoms with Gasteiger partial charge in [-0.2, -0.15) is 0 Å². The van der Waals surface area contributed by atoms with E-state index in [1.165, 1.54) is 0 Å². The summed E-state index contributed by atoms with van der Waals surface area (Å²) in [7, 11) is 0. The highest BCUT2D eigenvalue weighted by Gasteiger charge is 2.35. The molecule has 0 saturated heterocycles. The van der Waals surface area contributed by atoms with Crippen LogP contribution in [0.25, 0.3) is 0 Å². The number of hydrogen-bond acceptors (Lipinski definition) is 3. The van der Waals surface area contributed by atoms with Crippen molar-refractivity contribution in [2.24, 2.45) is 5.16 Å². The molecule has 0 bridgehead atoms. The van der Waals surface area contributed by atoms with Gasteiger partial charge in [0.1, 0.15) is 0 Å². The molecule has 0 amide bonds. The predicted molar refractivity (Wildman–Crippen MR) is 55.7 cm³/mol. The molecule has 0 aliphatic carbocycles. The van der Waals surface area contributed by atoms with Crippen molar-refractivity contribution >= 4 is 17.3 Å². The van der Waals surface area contributed by atoms with E-state index in [4.69, 9.17) is 21.5 Å². The van der Waals surface area contributed by atoms with E-state index in [1.54, 1.807) is 6.20 Å². The molecule has 5 heteroatoms. The maximum Gasteiger partial charge on any atom is 0.282 e. The van der Waals surface area contributed by atoms with E-state index in [0.29, 0.717) is 11.6 Å². The number of rotatable bonds is 2. The number of pyridine rings is 1. The zero-order chi connectivity index (χ0) is 10.9. The Hall–Kier alpha value is -1.13. The molecule has 0 saturated carbocycles. The highest BCUT2D eigenvalue weighted by Crippen LogP contribution is 2.27. The van der Waals surface area contributed by atoms with Gasteiger partial charge in [0.05, 0.1) is 17.9 Å². The summed E-state index contributed by atoms with van der Waals surface area (Å²) in [5.41, 5.74) is 0.957. The van der Waals surface area contributed by atoms with Crippen molar-refractivity contribution in [3.05, 3.63) is 29.0 Å². The average Bonchev–Trinajstić information content (AvgIpc) is 2.63. The van der Waals surface area contributed by atoms with Crippen molar-refractivity contribution in [2.45, 2.75) is 18.9 Å². The molecule has 0 spiro atoms. The Bertz CT molecular complexity index is 408. The van der Waals surface area contributed by atoms with Gasteiger partial charge in [-0.05, 0) is 24.6 Å². The van der Waals surface area contributed by atoms with Crippen LogP contribution >= 0.6 is 11.6 Å². The third-order valence-corrected chi connectivity index (χ3v) is 2.68. The van der Waals surface area contributed by atoms with Crippen LogP contribution in [0.1, 0.15) is 18.9 Å². The maximum atomic E-state index is 9.12. The molecular weight excluding hydrogens is 216 g/mol. The molecule has 1 aromatic rings. The van der Waals surface area contributed by atoms with E-state index in [0.717, 1.165) is 11.3 Å². The van der Waals surface area contributed by atoms with Crippen molar-refractivity contribution < 1.29 is 14.9 Å². The van der Waals surface area contributed by atoms with Crippen LogP contribution < -0.4 is 4.98 Å². The molecule has 0 radical (unpaired) electrons. The van der Waals surface area contributed by atoms with Gasteiger partial charge in [0, 0.05) is 12.5 Å². The molecule has 15 heavy (non-hydrogen) atoms. The van der Waals surface area contributed by atoms with Gasteiger partial charge in [-0.1, -0.05) is 5.16 Å². The normalized spacial score (nSPS) is 24.9. The van der Waals surface area contributed by atoms with E-state index in [9.17, 15) is 0 Å². The van der Waals surface area contributed by atoms with Crippen molar-refractivity contribution in [3.8, 4) is 0 Å². The third kappa shape index (κ3) is 1.96. The first kappa shape index (κ1) is 10.4. The zero-order valence-electron chi connectivity index (χ0n) is 8.33. The van der Waals surface area contributed by atoms with Crippen molar-refractivity contribution in [2.75, 3.05) is 6.61 Å². The number of aromatic amines is 1. The molecular formula is C10H12ClN2O2+. The molecule has 1 atom stereocenters. The number of aliphatic hydroxyl groups is 1. The molecule has 1 aliphatic heterocycles. The van der Waals surface area contributed by atoms with Crippen LogP contribution in [-0.4, -0.2) is 23.0 Å². The molecule has 80 valence electrons. The Balaban J connectivity index is 2.25. The van der Waals surface area contributed by atoms with Gasteiger partial charge < -0.3 is 9.94 Å². The molecule has 0 aromatic carbocycles.